The number of ether oxygens (including phenoxy) is 1. The van der Waals surface area contributed by atoms with Gasteiger partial charge in [-0.1, -0.05) is 41.5 Å². The van der Waals surface area contributed by atoms with Crippen molar-refractivity contribution in [2.24, 2.45) is 16.7 Å². The Labute approximate surface area is 134 Å². The van der Waals surface area contributed by atoms with Gasteiger partial charge in [0.2, 0.25) is 7.98 Å². The van der Waals surface area contributed by atoms with E-state index < -0.39 is 12.1 Å². The SMILES string of the molecule is BNC(=O)NC(CO)COC(=O)C(CC(C)(C)C)C(C)(C)C. The zero-order chi connectivity index (χ0) is 17.6. The third kappa shape index (κ3) is 8.27. The molecule has 0 aromatic heterocycles. The smallest absolute Gasteiger partial charge is 0.309 e. The molecule has 128 valence electrons. The van der Waals surface area contributed by atoms with Crippen molar-refractivity contribution in [3.05, 3.63) is 0 Å². The zero-order valence-corrected chi connectivity index (χ0v) is 14.9. The molecule has 0 aliphatic heterocycles. The summed E-state index contributed by atoms with van der Waals surface area (Å²) in [5.41, 5.74) is -0.207. The van der Waals surface area contributed by atoms with Crippen LogP contribution in [0, 0.1) is 16.7 Å². The van der Waals surface area contributed by atoms with Crippen LogP contribution in [0.1, 0.15) is 48.0 Å². The second-order valence-corrected chi connectivity index (χ2v) is 7.92. The number of aliphatic hydroxyl groups excluding tert-OH is 1. The first-order chi connectivity index (χ1) is 9.90. The lowest BCUT2D eigenvalue weighted by Gasteiger charge is -2.34. The number of amides is 2. The van der Waals surface area contributed by atoms with Gasteiger partial charge in [-0.05, 0) is 17.3 Å². The topological polar surface area (TPSA) is 87.7 Å². The van der Waals surface area contributed by atoms with Crippen molar-refractivity contribution >= 4 is 20.0 Å². The highest BCUT2D eigenvalue weighted by atomic mass is 16.5. The van der Waals surface area contributed by atoms with Gasteiger partial charge in [-0.2, -0.15) is 0 Å². The van der Waals surface area contributed by atoms with E-state index in [0.717, 1.165) is 0 Å². The van der Waals surface area contributed by atoms with Gasteiger partial charge in [0.15, 0.2) is 0 Å². The molecule has 0 rings (SSSR count). The molecule has 7 heteroatoms. The Morgan fingerprint density at radius 3 is 2.09 bits per heavy atom. The van der Waals surface area contributed by atoms with Crippen LogP contribution in [0.25, 0.3) is 0 Å². The number of nitrogens with one attached hydrogen (secondary N) is 2. The maximum atomic E-state index is 12.4. The lowest BCUT2D eigenvalue weighted by molar-refractivity contribution is -0.154. The molecule has 0 radical (unpaired) electrons. The van der Waals surface area contributed by atoms with Gasteiger partial charge in [0.05, 0.1) is 18.6 Å². The molecule has 0 spiro atoms. The minimum absolute atomic E-state index is 0.00763. The third-order valence-electron chi connectivity index (χ3n) is 3.36. The Bertz CT molecular complexity index is 375. The van der Waals surface area contributed by atoms with Crippen LogP contribution in [0.15, 0.2) is 0 Å². The molecule has 2 unspecified atom stereocenters. The summed E-state index contributed by atoms with van der Waals surface area (Å²) in [6.45, 7) is 12.0. The van der Waals surface area contributed by atoms with E-state index in [2.05, 4.69) is 31.3 Å². The molecule has 2 amide bonds. The minimum atomic E-state index is -0.612. The van der Waals surface area contributed by atoms with E-state index in [9.17, 15) is 14.7 Å². The van der Waals surface area contributed by atoms with Crippen LogP contribution in [0.3, 0.4) is 0 Å². The van der Waals surface area contributed by atoms with E-state index in [-0.39, 0.29) is 35.9 Å². The number of rotatable bonds is 6. The van der Waals surface area contributed by atoms with Crippen molar-refractivity contribution in [1.29, 1.82) is 0 Å². The Morgan fingerprint density at radius 1 is 1.18 bits per heavy atom. The zero-order valence-electron chi connectivity index (χ0n) is 14.9. The quantitative estimate of drug-likeness (QED) is 0.501. The van der Waals surface area contributed by atoms with Gasteiger partial charge in [0.25, 0.3) is 0 Å². The normalized spacial score (nSPS) is 14.9. The number of carbonyl (C=O) groups excluding carboxylic acids is 2. The largest absolute Gasteiger partial charge is 0.463 e. The van der Waals surface area contributed by atoms with Crippen molar-refractivity contribution in [2.75, 3.05) is 13.2 Å². The predicted octanol–water partition coefficient (Wildman–Crippen LogP) is 0.836. The van der Waals surface area contributed by atoms with E-state index >= 15 is 0 Å². The van der Waals surface area contributed by atoms with Gasteiger partial charge < -0.3 is 20.4 Å². The summed E-state index contributed by atoms with van der Waals surface area (Å²) >= 11 is 0. The molecule has 0 heterocycles. The van der Waals surface area contributed by atoms with Crippen LogP contribution in [0.5, 0.6) is 0 Å². The number of aliphatic hydroxyl groups is 1. The molecule has 2 atom stereocenters. The first-order valence-electron chi connectivity index (χ1n) is 7.66. The van der Waals surface area contributed by atoms with Crippen LogP contribution in [-0.2, 0) is 9.53 Å². The summed E-state index contributed by atoms with van der Waals surface area (Å²) in [6.07, 6.45) is 0.710. The molecule has 0 aromatic rings. The molecule has 0 bridgehead atoms. The number of hydrogen-bond donors (Lipinski definition) is 3. The minimum Gasteiger partial charge on any atom is -0.463 e. The van der Waals surface area contributed by atoms with Gasteiger partial charge >= 0.3 is 12.0 Å². The van der Waals surface area contributed by atoms with Crippen LogP contribution in [0.2, 0.25) is 0 Å². The predicted molar refractivity (Wildman–Crippen MR) is 89.1 cm³/mol. The first-order valence-corrected chi connectivity index (χ1v) is 7.66. The standard InChI is InChI=1S/C15H31BN2O4/c1-14(2,3)7-11(15(4,5)6)12(20)22-9-10(8-19)17-13(21)18-16/h10-11,19H,7-9,16H2,1-6H3,(H2,17,18,21). The molecular weight excluding hydrogens is 283 g/mol. The van der Waals surface area contributed by atoms with Crippen molar-refractivity contribution in [3.8, 4) is 0 Å². The highest BCUT2D eigenvalue weighted by Crippen LogP contribution is 2.36. The van der Waals surface area contributed by atoms with Crippen LogP contribution >= 0.6 is 0 Å². The molecule has 0 aliphatic rings. The molecule has 0 saturated heterocycles. The summed E-state index contributed by atoms with van der Waals surface area (Å²) in [5, 5.41) is 14.1. The molecule has 0 saturated carbocycles. The molecule has 3 N–H and O–H groups in total. The van der Waals surface area contributed by atoms with E-state index in [4.69, 9.17) is 4.74 Å². The molecule has 0 aliphatic carbocycles. The van der Waals surface area contributed by atoms with Crippen molar-refractivity contribution in [1.82, 2.24) is 10.5 Å². The van der Waals surface area contributed by atoms with Gasteiger partial charge in [0.1, 0.15) is 6.61 Å². The molecule has 6 nitrogen and oxygen atoms in total. The second kappa shape index (κ2) is 8.41. The lowest BCUT2D eigenvalue weighted by Crippen LogP contribution is -2.46. The number of esters is 1. The molecule has 0 fully saturated rings. The third-order valence-corrected chi connectivity index (χ3v) is 3.36. The maximum absolute atomic E-state index is 12.4. The van der Waals surface area contributed by atoms with Gasteiger partial charge in [0, 0.05) is 0 Å². The number of urea groups is 1. The van der Waals surface area contributed by atoms with Gasteiger partial charge in [-0.15, -0.1) is 0 Å². The summed E-state index contributed by atoms with van der Waals surface area (Å²) in [6, 6.07) is -1.03. The van der Waals surface area contributed by atoms with E-state index in [1.807, 2.05) is 20.8 Å². The Balaban J connectivity index is 4.72. The van der Waals surface area contributed by atoms with Crippen molar-refractivity contribution < 1.29 is 19.4 Å². The van der Waals surface area contributed by atoms with Crippen molar-refractivity contribution in [2.45, 2.75) is 54.0 Å². The summed E-state index contributed by atoms with van der Waals surface area (Å²) in [5.74, 6) is -0.536. The Kier molecular flexibility index (Phi) is 7.94. The lowest BCUT2D eigenvalue weighted by atomic mass is 9.72. The maximum Gasteiger partial charge on any atom is 0.309 e. The highest BCUT2D eigenvalue weighted by Gasteiger charge is 2.36. The van der Waals surface area contributed by atoms with Gasteiger partial charge in [-0.3, -0.25) is 9.59 Å². The summed E-state index contributed by atoms with van der Waals surface area (Å²) < 4.78 is 5.33. The average molecular weight is 314 g/mol. The summed E-state index contributed by atoms with van der Waals surface area (Å²) in [7, 11) is 1.48. The van der Waals surface area contributed by atoms with Crippen LogP contribution in [-0.4, -0.2) is 44.3 Å². The fourth-order valence-corrected chi connectivity index (χ4v) is 2.04. The van der Waals surface area contributed by atoms with Gasteiger partial charge in [-0.25, -0.2) is 0 Å². The Morgan fingerprint density at radius 2 is 1.73 bits per heavy atom. The Hall–Kier alpha value is -1.24. The summed E-state index contributed by atoms with van der Waals surface area (Å²) in [4.78, 5) is 23.6. The van der Waals surface area contributed by atoms with Crippen LogP contribution < -0.4 is 10.5 Å². The van der Waals surface area contributed by atoms with E-state index in [0.29, 0.717) is 6.42 Å². The first kappa shape index (κ1) is 20.8. The second-order valence-electron chi connectivity index (χ2n) is 7.92. The number of hydrogen-bond acceptors (Lipinski definition) is 4. The molecule has 22 heavy (non-hydrogen) atoms. The fourth-order valence-electron chi connectivity index (χ4n) is 2.04. The van der Waals surface area contributed by atoms with Crippen LogP contribution in [0.4, 0.5) is 4.79 Å². The monoisotopic (exact) mass is 314 g/mol. The molecule has 0 aromatic carbocycles. The fraction of sp³-hybridized carbons (Fsp3) is 0.867. The molecular formula is C15H31BN2O4. The van der Waals surface area contributed by atoms with E-state index in [1.54, 1.807) is 0 Å². The van der Waals surface area contributed by atoms with Crippen molar-refractivity contribution in [3.63, 3.8) is 0 Å². The average Bonchev–Trinajstić information content (AvgIpc) is 2.37. The highest BCUT2D eigenvalue weighted by molar-refractivity contribution is 6.13. The number of carbonyl (C=O) groups is 2. The van der Waals surface area contributed by atoms with E-state index in [1.165, 1.54) is 7.98 Å².